The standard InChI is InChI=1S/C58H64N4O15S/c63-45-12-15-49-52(38-45)76-53-39-46(64)13-16-50(53)58(49)48-14-11-44(37-47(48)56(67)77-58)61-57(78)60-20-22-69-24-26-71-28-30-73-32-34-75-36-35-74-33-31-72-29-27-70-25-23-68-21-19-59-54(65)17-18-55(66)62-40-43-7-2-1-5-41(43)9-10-42-6-3-4-8-51(42)62/h1-8,11-16,37-39,63-64H,17-36,40H2,(H,59,65)(H2,60,61,78). The van der Waals surface area contributed by atoms with Gasteiger partial charge in [0.05, 0.1) is 124 Å². The Kier molecular flexibility index (Phi) is 21.6. The molecule has 0 fully saturated rings. The third-order valence-electron chi connectivity index (χ3n) is 12.5. The van der Waals surface area contributed by atoms with Crippen LogP contribution in [0.2, 0.25) is 0 Å². The van der Waals surface area contributed by atoms with Crippen LogP contribution in [0.25, 0.3) is 0 Å². The molecule has 78 heavy (non-hydrogen) atoms. The molecule has 8 rings (SSSR count). The first-order chi connectivity index (χ1) is 38.2. The molecule has 5 aromatic rings. The van der Waals surface area contributed by atoms with Crippen molar-refractivity contribution >= 4 is 46.5 Å². The van der Waals surface area contributed by atoms with Crippen LogP contribution in [0.4, 0.5) is 11.4 Å². The third-order valence-corrected chi connectivity index (χ3v) is 12.7. The Balaban J connectivity index is 0.552. The van der Waals surface area contributed by atoms with Crippen molar-refractivity contribution in [2.24, 2.45) is 0 Å². The van der Waals surface area contributed by atoms with Gasteiger partial charge in [0.2, 0.25) is 11.8 Å². The number of aromatic hydroxyl groups is 2. The maximum Gasteiger partial charge on any atom is 0.340 e. The van der Waals surface area contributed by atoms with Crippen LogP contribution < -0.4 is 25.6 Å². The van der Waals surface area contributed by atoms with Crippen LogP contribution in [0.1, 0.15) is 56.6 Å². The molecule has 0 aromatic heterocycles. The van der Waals surface area contributed by atoms with E-state index in [0.717, 1.165) is 22.4 Å². The van der Waals surface area contributed by atoms with Gasteiger partial charge in [-0.1, -0.05) is 48.2 Å². The highest BCUT2D eigenvalue weighted by Gasteiger charge is 2.53. The molecule has 3 aliphatic rings. The summed E-state index contributed by atoms with van der Waals surface area (Å²) in [4.78, 5) is 41.0. The lowest BCUT2D eigenvalue weighted by molar-refractivity contribution is -0.125. The van der Waals surface area contributed by atoms with Crippen molar-refractivity contribution < 1.29 is 72.0 Å². The molecule has 0 bridgehead atoms. The maximum atomic E-state index is 13.4. The molecule has 20 heteroatoms. The van der Waals surface area contributed by atoms with Crippen molar-refractivity contribution in [2.45, 2.75) is 25.0 Å². The minimum atomic E-state index is -1.34. The number of nitrogens with zero attached hydrogens (tertiary/aromatic N) is 1. The number of para-hydroxylation sites is 1. The van der Waals surface area contributed by atoms with Gasteiger partial charge >= 0.3 is 5.97 Å². The van der Waals surface area contributed by atoms with Gasteiger partial charge in [-0.05, 0) is 72.4 Å². The van der Waals surface area contributed by atoms with Gasteiger partial charge in [-0.25, -0.2) is 4.79 Å². The number of phenolic OH excluding ortho intramolecular Hbond substituents is 2. The molecule has 412 valence electrons. The lowest BCUT2D eigenvalue weighted by Crippen LogP contribution is -2.34. The molecule has 0 saturated heterocycles. The lowest BCUT2D eigenvalue weighted by Gasteiger charge is -2.36. The van der Waals surface area contributed by atoms with Crippen LogP contribution >= 0.6 is 12.2 Å². The molecule has 5 N–H and O–H groups in total. The van der Waals surface area contributed by atoms with Crippen LogP contribution in [0, 0.1) is 11.8 Å². The Morgan fingerprint density at radius 2 is 1.06 bits per heavy atom. The van der Waals surface area contributed by atoms with Crippen LogP contribution in [0.3, 0.4) is 0 Å². The Bertz CT molecular complexity index is 2860. The molecule has 5 aromatic carbocycles. The van der Waals surface area contributed by atoms with Gasteiger partial charge in [0.1, 0.15) is 23.0 Å². The second-order valence-corrected chi connectivity index (χ2v) is 18.2. The number of anilines is 2. The van der Waals surface area contributed by atoms with E-state index in [2.05, 4.69) is 27.8 Å². The summed E-state index contributed by atoms with van der Waals surface area (Å²) in [5.41, 5.74) is 4.62. The largest absolute Gasteiger partial charge is 0.508 e. The Morgan fingerprint density at radius 1 is 0.577 bits per heavy atom. The van der Waals surface area contributed by atoms with Crippen molar-refractivity contribution in [1.29, 1.82) is 0 Å². The van der Waals surface area contributed by atoms with Crippen molar-refractivity contribution in [3.63, 3.8) is 0 Å². The molecule has 0 aliphatic carbocycles. The van der Waals surface area contributed by atoms with E-state index < -0.39 is 11.6 Å². The second-order valence-electron chi connectivity index (χ2n) is 17.8. The fourth-order valence-electron chi connectivity index (χ4n) is 8.75. The van der Waals surface area contributed by atoms with Gasteiger partial charge in [0.15, 0.2) is 10.7 Å². The molecule has 19 nitrogen and oxygen atoms in total. The molecule has 3 aliphatic heterocycles. The zero-order valence-electron chi connectivity index (χ0n) is 43.2. The zero-order chi connectivity index (χ0) is 54.4. The van der Waals surface area contributed by atoms with Crippen LogP contribution in [0.15, 0.2) is 103 Å². The minimum Gasteiger partial charge on any atom is -0.508 e. The number of rotatable bonds is 31. The number of phenols is 2. The molecule has 2 amide bonds. The number of carbonyl (C=O) groups excluding carboxylic acids is 3. The average Bonchev–Trinajstić information content (AvgIpc) is 3.97. The number of carbonyl (C=O) groups is 3. The number of benzene rings is 5. The van der Waals surface area contributed by atoms with Crippen molar-refractivity contribution in [3.05, 3.63) is 142 Å². The minimum absolute atomic E-state index is 0.0175. The van der Waals surface area contributed by atoms with Gasteiger partial charge in [0.25, 0.3) is 0 Å². The van der Waals surface area contributed by atoms with E-state index in [1.165, 1.54) is 24.3 Å². The van der Waals surface area contributed by atoms with Gasteiger partial charge in [-0.15, -0.1) is 0 Å². The number of hydrogen-bond donors (Lipinski definition) is 5. The summed E-state index contributed by atoms with van der Waals surface area (Å²) < 4.78 is 56.7. The number of nitrogens with one attached hydrogen (secondary N) is 3. The maximum absolute atomic E-state index is 13.4. The fraction of sp³-hybridized carbons (Fsp3) is 0.379. The summed E-state index contributed by atoms with van der Waals surface area (Å²) in [7, 11) is 0. The Labute approximate surface area is 458 Å². The van der Waals surface area contributed by atoms with E-state index in [4.69, 9.17) is 59.6 Å². The quantitative estimate of drug-likeness (QED) is 0.0150. The first-order valence-corrected chi connectivity index (χ1v) is 26.3. The van der Waals surface area contributed by atoms with E-state index in [9.17, 15) is 24.6 Å². The number of amides is 2. The normalized spacial score (nSPS) is 13.3. The number of esters is 1. The van der Waals surface area contributed by atoms with E-state index in [-0.39, 0.29) is 36.2 Å². The lowest BCUT2D eigenvalue weighted by atomic mass is 9.77. The number of thiocarbonyl (C=S) groups is 1. The van der Waals surface area contributed by atoms with Gasteiger partial charge < -0.3 is 78.4 Å². The summed E-state index contributed by atoms with van der Waals surface area (Å²) in [6.07, 6.45) is 0.148. The van der Waals surface area contributed by atoms with Crippen molar-refractivity contribution in [1.82, 2.24) is 10.6 Å². The number of ether oxygens (including phenoxy) is 10. The zero-order valence-corrected chi connectivity index (χ0v) is 44.0. The van der Waals surface area contributed by atoms with Crippen LogP contribution in [0.5, 0.6) is 23.0 Å². The molecule has 0 unspecified atom stereocenters. The highest BCUT2D eigenvalue weighted by Crippen LogP contribution is 2.57. The van der Waals surface area contributed by atoms with Gasteiger partial charge in [-0.2, -0.15) is 0 Å². The van der Waals surface area contributed by atoms with Crippen LogP contribution in [-0.4, -0.2) is 152 Å². The molecule has 0 atom stereocenters. The number of hydrogen-bond acceptors (Lipinski definition) is 16. The number of fused-ring (bicyclic) bond motifs is 8. The van der Waals surface area contributed by atoms with Crippen LogP contribution in [-0.2, 0) is 64.4 Å². The predicted molar refractivity (Wildman–Crippen MR) is 291 cm³/mol. The topological polar surface area (TPSA) is 223 Å². The van der Waals surface area contributed by atoms with E-state index in [1.807, 2.05) is 48.5 Å². The summed E-state index contributed by atoms with van der Waals surface area (Å²) in [5, 5.41) is 29.7. The molecular formula is C58H64N4O15S. The predicted octanol–water partition coefficient (Wildman–Crippen LogP) is 5.93. The molecule has 0 saturated carbocycles. The highest BCUT2D eigenvalue weighted by atomic mass is 32.1. The smallest absolute Gasteiger partial charge is 0.340 e. The first kappa shape index (κ1) is 57.0. The van der Waals surface area contributed by atoms with E-state index in [0.29, 0.717) is 170 Å². The molecule has 0 radical (unpaired) electrons. The third kappa shape index (κ3) is 15.7. The summed E-state index contributed by atoms with van der Waals surface area (Å²) in [6.45, 7) is 7.77. The van der Waals surface area contributed by atoms with Crippen molar-refractivity contribution in [3.8, 4) is 34.8 Å². The molecule has 3 heterocycles. The fourth-order valence-corrected chi connectivity index (χ4v) is 8.97. The molecular weight excluding hydrogens is 1020 g/mol. The second kappa shape index (κ2) is 29.5. The first-order valence-electron chi connectivity index (χ1n) is 25.8. The van der Waals surface area contributed by atoms with E-state index >= 15 is 0 Å². The highest BCUT2D eigenvalue weighted by molar-refractivity contribution is 7.80. The Hall–Kier alpha value is -7.16. The monoisotopic (exact) mass is 1090 g/mol. The summed E-state index contributed by atoms with van der Waals surface area (Å²) in [6, 6.07) is 29.8. The van der Waals surface area contributed by atoms with E-state index in [1.54, 1.807) is 35.2 Å². The van der Waals surface area contributed by atoms with Gasteiger partial charge in [-0.3, -0.25) is 9.59 Å². The SMILES string of the molecule is O=C(CCC(=O)N1Cc2ccccc2C#Cc2ccccc21)NCCOCCOCCOCCOCCOCCOCCOCCOCCNC(=S)Nc1ccc2c(c1)C(=O)OC21c2ccc(O)cc2Oc2cc(O)ccc21. The average molecular weight is 1090 g/mol. The van der Waals surface area contributed by atoms with Crippen molar-refractivity contribution in [2.75, 3.05) is 129 Å². The summed E-state index contributed by atoms with van der Waals surface area (Å²) >= 11 is 5.48. The summed E-state index contributed by atoms with van der Waals surface area (Å²) in [5.74, 6) is 6.09. The Morgan fingerprint density at radius 3 is 1.64 bits per heavy atom. The molecule has 1 spiro atoms. The van der Waals surface area contributed by atoms with Gasteiger partial charge in [0, 0.05) is 71.6 Å².